The molecule has 3 nitrogen and oxygen atoms in total. The molecule has 1 unspecified atom stereocenters. The van der Waals surface area contributed by atoms with Gasteiger partial charge in [-0.2, -0.15) is 0 Å². The van der Waals surface area contributed by atoms with Gasteiger partial charge in [-0.15, -0.1) is 0 Å². The average molecular weight is 113 g/mol. The molecule has 3 heteroatoms. The van der Waals surface area contributed by atoms with Gasteiger partial charge in [0, 0.05) is 12.0 Å². The minimum atomic E-state index is -0.449. The molecule has 0 aliphatic carbocycles. The Labute approximate surface area is 47.1 Å². The van der Waals surface area contributed by atoms with Gasteiger partial charge in [0.1, 0.15) is 0 Å². The summed E-state index contributed by atoms with van der Waals surface area (Å²) in [5, 5.41) is 0. The van der Waals surface area contributed by atoms with Crippen LogP contribution in [0.4, 0.5) is 0 Å². The number of ether oxygens (including phenoxy) is 1. The zero-order valence-corrected chi connectivity index (χ0v) is 4.39. The first-order valence-electron chi connectivity index (χ1n) is 2.34. The van der Waals surface area contributed by atoms with E-state index in [1.165, 1.54) is 0 Å². The molecule has 0 aromatic carbocycles. The maximum absolute atomic E-state index is 10.4. The maximum Gasteiger partial charge on any atom is 0.335 e. The van der Waals surface area contributed by atoms with E-state index in [2.05, 4.69) is 11.3 Å². The van der Waals surface area contributed by atoms with Gasteiger partial charge in [0.25, 0.3) is 0 Å². The summed E-state index contributed by atoms with van der Waals surface area (Å²) in [4.78, 5) is 10.4. The Balaban J connectivity index is 2.64. The molecule has 1 saturated heterocycles. The summed E-state index contributed by atoms with van der Waals surface area (Å²) in [6.45, 7) is 3.43. The maximum atomic E-state index is 10.4. The van der Waals surface area contributed by atoms with E-state index in [1.54, 1.807) is 0 Å². The molecular weight excluding hydrogens is 106 g/mol. The van der Waals surface area contributed by atoms with Crippen molar-refractivity contribution in [2.45, 2.75) is 12.6 Å². The summed E-state index contributed by atoms with van der Waals surface area (Å²) in [7, 11) is 0. The number of carbonyl (C=O) groups is 1. The van der Waals surface area contributed by atoms with E-state index in [1.807, 2.05) is 0 Å². The Morgan fingerprint density at radius 2 is 2.50 bits per heavy atom. The fraction of sp³-hybridized carbons (Fsp3) is 0.400. The zero-order chi connectivity index (χ0) is 6.15. The van der Waals surface area contributed by atoms with Crippen LogP contribution in [-0.4, -0.2) is 12.2 Å². The minimum absolute atomic E-state index is 0.363. The number of nitrogens with two attached hydrogens (primary N) is 1. The number of hydrogen-bond acceptors (Lipinski definition) is 3. The van der Waals surface area contributed by atoms with Crippen LogP contribution in [0.25, 0.3) is 0 Å². The third-order valence-electron chi connectivity index (χ3n) is 0.995. The number of carbonyl (C=O) groups excluding carboxylic acids is 1. The largest absolute Gasteiger partial charge is 0.443 e. The van der Waals surface area contributed by atoms with Crippen molar-refractivity contribution < 1.29 is 9.53 Å². The standard InChI is InChI=1S/C5H7NO2/c1-3-2-4(6)8-5(3)7/h4H,1-2,6H2. The average Bonchev–Trinajstić information content (AvgIpc) is 1.85. The first-order valence-corrected chi connectivity index (χ1v) is 2.34. The van der Waals surface area contributed by atoms with Crippen molar-refractivity contribution in [2.75, 3.05) is 0 Å². The van der Waals surface area contributed by atoms with Crippen molar-refractivity contribution in [3.8, 4) is 0 Å². The number of hydrogen-bond donors (Lipinski definition) is 1. The molecule has 44 valence electrons. The van der Waals surface area contributed by atoms with Crippen LogP contribution in [0.5, 0.6) is 0 Å². The molecule has 0 saturated carbocycles. The second-order valence-electron chi connectivity index (χ2n) is 1.75. The van der Waals surface area contributed by atoms with Crippen molar-refractivity contribution in [3.05, 3.63) is 12.2 Å². The van der Waals surface area contributed by atoms with Gasteiger partial charge in [-0.25, -0.2) is 4.79 Å². The highest BCUT2D eigenvalue weighted by Crippen LogP contribution is 2.13. The van der Waals surface area contributed by atoms with Crippen LogP contribution in [0.3, 0.4) is 0 Å². The number of cyclic esters (lactones) is 1. The Kier molecular flexibility index (Phi) is 1.06. The summed E-state index contributed by atoms with van der Waals surface area (Å²) in [5.41, 5.74) is 5.68. The van der Waals surface area contributed by atoms with Gasteiger partial charge >= 0.3 is 5.97 Å². The van der Waals surface area contributed by atoms with Crippen molar-refractivity contribution >= 4 is 5.97 Å². The lowest BCUT2D eigenvalue weighted by Crippen LogP contribution is -2.17. The zero-order valence-electron chi connectivity index (χ0n) is 4.39. The summed E-state index contributed by atoms with van der Waals surface area (Å²) in [5.74, 6) is -0.363. The van der Waals surface area contributed by atoms with Gasteiger partial charge in [0.05, 0.1) is 0 Å². The molecule has 1 aliphatic heterocycles. The van der Waals surface area contributed by atoms with Crippen molar-refractivity contribution in [1.82, 2.24) is 0 Å². The van der Waals surface area contributed by atoms with Gasteiger partial charge in [0.15, 0.2) is 6.23 Å². The molecule has 0 aromatic rings. The highest BCUT2D eigenvalue weighted by atomic mass is 16.6. The minimum Gasteiger partial charge on any atom is -0.443 e. The van der Waals surface area contributed by atoms with E-state index in [9.17, 15) is 4.79 Å². The Bertz CT molecular complexity index is 125. The van der Waals surface area contributed by atoms with Gasteiger partial charge in [-0.3, -0.25) is 5.73 Å². The molecule has 0 bridgehead atoms. The molecule has 1 fully saturated rings. The first-order chi connectivity index (χ1) is 3.70. The normalized spacial score (nSPS) is 28.4. The quantitative estimate of drug-likeness (QED) is 0.349. The van der Waals surface area contributed by atoms with Crippen LogP contribution < -0.4 is 5.73 Å². The lowest BCUT2D eigenvalue weighted by atomic mass is 10.2. The summed E-state index contributed by atoms with van der Waals surface area (Å²) in [6, 6.07) is 0. The van der Waals surface area contributed by atoms with Crippen LogP contribution in [0.1, 0.15) is 6.42 Å². The fourth-order valence-electron chi connectivity index (χ4n) is 0.589. The van der Waals surface area contributed by atoms with E-state index in [-0.39, 0.29) is 5.97 Å². The Morgan fingerprint density at radius 3 is 2.62 bits per heavy atom. The molecule has 2 N–H and O–H groups in total. The smallest absolute Gasteiger partial charge is 0.335 e. The highest BCUT2D eigenvalue weighted by Gasteiger charge is 2.23. The van der Waals surface area contributed by atoms with E-state index >= 15 is 0 Å². The highest BCUT2D eigenvalue weighted by molar-refractivity contribution is 5.89. The molecule has 1 atom stereocenters. The fourth-order valence-corrected chi connectivity index (χ4v) is 0.589. The molecule has 8 heavy (non-hydrogen) atoms. The molecule has 0 amide bonds. The molecular formula is C5H7NO2. The summed E-state index contributed by atoms with van der Waals surface area (Å²) >= 11 is 0. The first kappa shape index (κ1) is 5.31. The van der Waals surface area contributed by atoms with E-state index in [0.29, 0.717) is 12.0 Å². The van der Waals surface area contributed by atoms with Gasteiger partial charge in [-0.05, 0) is 0 Å². The van der Waals surface area contributed by atoms with Gasteiger partial charge in [0.2, 0.25) is 0 Å². The predicted molar refractivity (Wildman–Crippen MR) is 27.8 cm³/mol. The third-order valence-corrected chi connectivity index (χ3v) is 0.995. The summed E-state index contributed by atoms with van der Waals surface area (Å²) in [6.07, 6.45) is 0.0220. The molecule has 0 aromatic heterocycles. The van der Waals surface area contributed by atoms with Crippen molar-refractivity contribution in [2.24, 2.45) is 5.73 Å². The second kappa shape index (κ2) is 1.59. The van der Waals surface area contributed by atoms with Crippen LogP contribution in [0, 0.1) is 0 Å². The van der Waals surface area contributed by atoms with Gasteiger partial charge < -0.3 is 4.74 Å². The molecule has 1 rings (SSSR count). The lowest BCUT2D eigenvalue weighted by Gasteiger charge is -1.95. The van der Waals surface area contributed by atoms with Crippen LogP contribution in [0.2, 0.25) is 0 Å². The van der Waals surface area contributed by atoms with Gasteiger partial charge in [-0.1, -0.05) is 6.58 Å². The third kappa shape index (κ3) is 0.721. The van der Waals surface area contributed by atoms with Crippen molar-refractivity contribution in [3.63, 3.8) is 0 Å². The molecule has 1 aliphatic rings. The Hall–Kier alpha value is -0.830. The van der Waals surface area contributed by atoms with Crippen LogP contribution in [0.15, 0.2) is 12.2 Å². The predicted octanol–water partition coefficient (Wildman–Crippen LogP) is -0.226. The number of rotatable bonds is 0. The second-order valence-corrected chi connectivity index (χ2v) is 1.75. The van der Waals surface area contributed by atoms with E-state index in [0.717, 1.165) is 0 Å². The van der Waals surface area contributed by atoms with E-state index < -0.39 is 6.23 Å². The molecule has 1 heterocycles. The molecule has 0 radical (unpaired) electrons. The van der Waals surface area contributed by atoms with Crippen molar-refractivity contribution in [1.29, 1.82) is 0 Å². The topological polar surface area (TPSA) is 52.3 Å². The summed E-state index contributed by atoms with van der Waals surface area (Å²) < 4.78 is 4.51. The van der Waals surface area contributed by atoms with Crippen LogP contribution >= 0.6 is 0 Å². The van der Waals surface area contributed by atoms with E-state index in [4.69, 9.17) is 5.73 Å². The molecule has 0 spiro atoms. The lowest BCUT2D eigenvalue weighted by molar-refractivity contribution is -0.138. The van der Waals surface area contributed by atoms with Crippen LogP contribution in [-0.2, 0) is 9.53 Å². The monoisotopic (exact) mass is 113 g/mol. The SMILES string of the molecule is C=C1CC(N)OC1=O. The Morgan fingerprint density at radius 1 is 1.88 bits per heavy atom. The number of esters is 1.